The number of carbonyl (C=O) groups excluding carboxylic acids is 2. The molecule has 0 saturated carbocycles. The summed E-state index contributed by atoms with van der Waals surface area (Å²) in [5, 5.41) is 20.2. The highest BCUT2D eigenvalue weighted by Crippen LogP contribution is 2.09. The minimum Gasteiger partial charge on any atom is -0.467 e. The fourth-order valence-corrected chi connectivity index (χ4v) is 2.22. The molecule has 0 aliphatic rings. The maximum absolute atomic E-state index is 12.3. The Kier molecular flexibility index (Phi) is 5.86. The standard InChI is InChI=1S/C19H15N3O3/c1-25-19(24)17(10-13-2-4-14(11-20)5-3-13)22-18(23)16-8-6-15(12-21)7-9-16/h2-9,17H,10H2,1H3,(H,22,23)/t17-/m0/s1. The molecule has 1 amide bonds. The molecular weight excluding hydrogens is 318 g/mol. The van der Waals surface area contributed by atoms with Crippen molar-refractivity contribution in [3.8, 4) is 12.1 Å². The molecule has 0 saturated heterocycles. The quantitative estimate of drug-likeness (QED) is 0.842. The van der Waals surface area contributed by atoms with Gasteiger partial charge in [-0.1, -0.05) is 12.1 Å². The molecule has 6 heteroatoms. The molecule has 0 aliphatic heterocycles. The van der Waals surface area contributed by atoms with E-state index in [0.29, 0.717) is 16.7 Å². The van der Waals surface area contributed by atoms with Crippen LogP contribution >= 0.6 is 0 Å². The van der Waals surface area contributed by atoms with Crippen molar-refractivity contribution in [2.24, 2.45) is 0 Å². The first-order chi connectivity index (χ1) is 12.1. The van der Waals surface area contributed by atoms with Crippen LogP contribution in [0.3, 0.4) is 0 Å². The Labute approximate surface area is 145 Å². The summed E-state index contributed by atoms with van der Waals surface area (Å²) in [5.74, 6) is -1.00. The number of methoxy groups -OCH3 is 1. The monoisotopic (exact) mass is 333 g/mol. The van der Waals surface area contributed by atoms with Gasteiger partial charge < -0.3 is 10.1 Å². The lowest BCUT2D eigenvalue weighted by molar-refractivity contribution is -0.142. The van der Waals surface area contributed by atoms with Gasteiger partial charge in [0, 0.05) is 12.0 Å². The van der Waals surface area contributed by atoms with Crippen molar-refractivity contribution in [3.63, 3.8) is 0 Å². The molecule has 0 aromatic heterocycles. The Morgan fingerprint density at radius 2 is 1.52 bits per heavy atom. The third-order valence-corrected chi connectivity index (χ3v) is 3.59. The van der Waals surface area contributed by atoms with Crippen LogP contribution in [0.4, 0.5) is 0 Å². The zero-order valence-corrected chi connectivity index (χ0v) is 13.5. The van der Waals surface area contributed by atoms with Gasteiger partial charge in [-0.3, -0.25) is 4.79 Å². The summed E-state index contributed by atoms with van der Waals surface area (Å²) in [7, 11) is 1.25. The van der Waals surface area contributed by atoms with E-state index in [-0.39, 0.29) is 6.42 Å². The third-order valence-electron chi connectivity index (χ3n) is 3.59. The van der Waals surface area contributed by atoms with Crippen molar-refractivity contribution in [2.75, 3.05) is 7.11 Å². The first kappa shape index (κ1) is 17.7. The highest BCUT2D eigenvalue weighted by Gasteiger charge is 2.22. The van der Waals surface area contributed by atoms with Crippen LogP contribution in [0, 0.1) is 22.7 Å². The van der Waals surface area contributed by atoms with Crippen molar-refractivity contribution in [1.29, 1.82) is 10.5 Å². The molecule has 1 N–H and O–H groups in total. The first-order valence-electron chi connectivity index (χ1n) is 7.45. The molecule has 0 unspecified atom stereocenters. The maximum atomic E-state index is 12.3. The van der Waals surface area contributed by atoms with E-state index in [2.05, 4.69) is 5.32 Å². The van der Waals surface area contributed by atoms with E-state index in [9.17, 15) is 9.59 Å². The van der Waals surface area contributed by atoms with Crippen LogP contribution in [-0.4, -0.2) is 25.0 Å². The molecule has 25 heavy (non-hydrogen) atoms. The van der Waals surface area contributed by atoms with Crippen LogP contribution < -0.4 is 5.32 Å². The van der Waals surface area contributed by atoms with Crippen LogP contribution in [0.25, 0.3) is 0 Å². The highest BCUT2D eigenvalue weighted by atomic mass is 16.5. The molecule has 0 fully saturated rings. The minimum atomic E-state index is -0.860. The van der Waals surface area contributed by atoms with Gasteiger partial charge in [0.25, 0.3) is 5.91 Å². The molecule has 2 aromatic carbocycles. The average Bonchev–Trinajstić information content (AvgIpc) is 2.67. The Hall–Kier alpha value is -3.64. The van der Waals surface area contributed by atoms with E-state index in [1.807, 2.05) is 12.1 Å². The Morgan fingerprint density at radius 1 is 1.00 bits per heavy atom. The number of ether oxygens (including phenoxy) is 1. The summed E-state index contributed by atoms with van der Waals surface area (Å²) < 4.78 is 4.75. The summed E-state index contributed by atoms with van der Waals surface area (Å²) >= 11 is 0. The van der Waals surface area contributed by atoms with Crippen LogP contribution in [-0.2, 0) is 16.0 Å². The van der Waals surface area contributed by atoms with Crippen molar-refractivity contribution in [3.05, 3.63) is 70.8 Å². The van der Waals surface area contributed by atoms with Crippen molar-refractivity contribution in [1.82, 2.24) is 5.32 Å². The Morgan fingerprint density at radius 3 is 2.00 bits per heavy atom. The summed E-state index contributed by atoms with van der Waals surface area (Å²) in [6.45, 7) is 0. The summed E-state index contributed by atoms with van der Waals surface area (Å²) in [4.78, 5) is 24.3. The summed E-state index contributed by atoms with van der Waals surface area (Å²) in [6, 6.07) is 16.0. The normalized spacial score (nSPS) is 10.8. The van der Waals surface area contributed by atoms with Gasteiger partial charge in [-0.25, -0.2) is 4.79 Å². The zero-order valence-electron chi connectivity index (χ0n) is 13.5. The molecule has 124 valence electrons. The number of esters is 1. The van der Waals surface area contributed by atoms with Crippen molar-refractivity contribution < 1.29 is 14.3 Å². The van der Waals surface area contributed by atoms with Crippen LogP contribution in [0.1, 0.15) is 27.0 Å². The largest absolute Gasteiger partial charge is 0.467 e. The van der Waals surface area contributed by atoms with E-state index in [1.54, 1.807) is 24.3 Å². The van der Waals surface area contributed by atoms with E-state index in [0.717, 1.165) is 5.56 Å². The van der Waals surface area contributed by atoms with Gasteiger partial charge in [-0.2, -0.15) is 10.5 Å². The molecule has 0 spiro atoms. The predicted molar refractivity (Wildman–Crippen MR) is 89.3 cm³/mol. The van der Waals surface area contributed by atoms with Gasteiger partial charge in [0.05, 0.1) is 30.4 Å². The van der Waals surface area contributed by atoms with Gasteiger partial charge in [0.15, 0.2) is 0 Å². The lowest BCUT2D eigenvalue weighted by atomic mass is 10.0. The SMILES string of the molecule is COC(=O)[C@H](Cc1ccc(C#N)cc1)NC(=O)c1ccc(C#N)cc1. The van der Waals surface area contributed by atoms with Gasteiger partial charge in [-0.05, 0) is 42.0 Å². The fraction of sp³-hybridized carbons (Fsp3) is 0.158. The molecule has 0 aliphatic carbocycles. The molecule has 2 rings (SSSR count). The molecule has 1 atom stereocenters. The fourth-order valence-electron chi connectivity index (χ4n) is 2.22. The summed E-state index contributed by atoms with van der Waals surface area (Å²) in [5.41, 5.74) is 2.08. The highest BCUT2D eigenvalue weighted by molar-refractivity contribution is 5.96. The van der Waals surface area contributed by atoms with E-state index >= 15 is 0 Å². The average molecular weight is 333 g/mol. The Balaban J connectivity index is 2.13. The topological polar surface area (TPSA) is 103 Å². The van der Waals surface area contributed by atoms with Gasteiger partial charge >= 0.3 is 5.97 Å². The number of nitriles is 2. The second kappa shape index (κ2) is 8.28. The molecular formula is C19H15N3O3. The smallest absolute Gasteiger partial charge is 0.328 e. The molecule has 2 aromatic rings. The number of amides is 1. The Bertz CT molecular complexity index is 843. The van der Waals surface area contributed by atoms with Crippen LogP contribution in [0.15, 0.2) is 48.5 Å². The number of nitrogens with zero attached hydrogens (tertiary/aromatic N) is 2. The van der Waals surface area contributed by atoms with E-state index in [1.165, 1.54) is 31.4 Å². The second-order valence-corrected chi connectivity index (χ2v) is 5.25. The number of nitrogens with one attached hydrogen (secondary N) is 1. The first-order valence-corrected chi connectivity index (χ1v) is 7.45. The van der Waals surface area contributed by atoms with Gasteiger partial charge in [0.2, 0.25) is 0 Å². The minimum absolute atomic E-state index is 0.237. The lowest BCUT2D eigenvalue weighted by Crippen LogP contribution is -2.43. The number of benzene rings is 2. The number of carbonyl (C=O) groups is 2. The number of hydrogen-bond acceptors (Lipinski definition) is 5. The summed E-state index contributed by atoms with van der Waals surface area (Å²) in [6.07, 6.45) is 0.237. The molecule has 0 bridgehead atoms. The van der Waals surface area contributed by atoms with Crippen LogP contribution in [0.5, 0.6) is 0 Å². The number of rotatable bonds is 5. The van der Waals surface area contributed by atoms with E-state index in [4.69, 9.17) is 15.3 Å². The molecule has 0 heterocycles. The molecule has 0 radical (unpaired) electrons. The van der Waals surface area contributed by atoms with Gasteiger partial charge in [-0.15, -0.1) is 0 Å². The van der Waals surface area contributed by atoms with Crippen LogP contribution in [0.2, 0.25) is 0 Å². The second-order valence-electron chi connectivity index (χ2n) is 5.25. The maximum Gasteiger partial charge on any atom is 0.328 e. The van der Waals surface area contributed by atoms with E-state index < -0.39 is 17.9 Å². The molecule has 6 nitrogen and oxygen atoms in total. The van der Waals surface area contributed by atoms with Crippen molar-refractivity contribution in [2.45, 2.75) is 12.5 Å². The van der Waals surface area contributed by atoms with Crippen molar-refractivity contribution >= 4 is 11.9 Å². The lowest BCUT2D eigenvalue weighted by Gasteiger charge is -2.16. The van der Waals surface area contributed by atoms with Gasteiger partial charge in [0.1, 0.15) is 6.04 Å². The predicted octanol–water partition coefficient (Wildman–Crippen LogP) is 1.94. The number of hydrogen-bond donors (Lipinski definition) is 1. The zero-order chi connectivity index (χ0) is 18.2. The third kappa shape index (κ3) is 4.66.